The van der Waals surface area contributed by atoms with Gasteiger partial charge in [-0.3, -0.25) is 0 Å². The molecule has 0 aliphatic carbocycles. The summed E-state index contributed by atoms with van der Waals surface area (Å²) >= 11 is 0. The maximum absolute atomic E-state index is 5.75. The molecule has 30 heavy (non-hydrogen) atoms. The zero-order valence-corrected chi connectivity index (χ0v) is 19.4. The van der Waals surface area contributed by atoms with Gasteiger partial charge in [-0.2, -0.15) is 0 Å². The van der Waals surface area contributed by atoms with E-state index in [1.807, 2.05) is 0 Å². The van der Waals surface area contributed by atoms with Crippen molar-refractivity contribution >= 4 is 0 Å². The van der Waals surface area contributed by atoms with Gasteiger partial charge in [0.1, 0.15) is 0 Å². The van der Waals surface area contributed by atoms with E-state index >= 15 is 0 Å². The molecule has 1 aromatic rings. The molecule has 8 nitrogen and oxygen atoms in total. The third kappa shape index (κ3) is 10.8. The Labute approximate surface area is 184 Å². The monoisotopic (exact) mass is 424 g/mol. The van der Waals surface area contributed by atoms with Crippen LogP contribution < -0.4 is 33.6 Å². The SMILES string of the molecule is C[N+](CCN)(CCN)CCNCc1ccc(CNCC[N+](C)(CCN)CCN)cc1. The lowest BCUT2D eigenvalue weighted by Crippen LogP contribution is -2.53. The summed E-state index contributed by atoms with van der Waals surface area (Å²) in [4.78, 5) is 0. The van der Waals surface area contributed by atoms with Crippen molar-refractivity contribution in [3.63, 3.8) is 0 Å². The molecular weight excluding hydrogens is 376 g/mol. The van der Waals surface area contributed by atoms with Crippen LogP contribution in [0.5, 0.6) is 0 Å². The molecule has 174 valence electrons. The lowest BCUT2D eigenvalue weighted by molar-refractivity contribution is -0.905. The summed E-state index contributed by atoms with van der Waals surface area (Å²) in [6.45, 7) is 12.4. The number of rotatable bonds is 18. The van der Waals surface area contributed by atoms with E-state index in [2.05, 4.69) is 49.0 Å². The smallest absolute Gasteiger partial charge is 0.0912 e. The van der Waals surface area contributed by atoms with Crippen LogP contribution in [0.2, 0.25) is 0 Å². The quantitative estimate of drug-likeness (QED) is 0.127. The average molecular weight is 425 g/mol. The van der Waals surface area contributed by atoms with Crippen molar-refractivity contribution in [2.24, 2.45) is 22.9 Å². The molecule has 0 fully saturated rings. The molecule has 0 saturated heterocycles. The van der Waals surface area contributed by atoms with Gasteiger partial charge < -0.3 is 42.5 Å². The third-order valence-electron chi connectivity index (χ3n) is 6.01. The lowest BCUT2D eigenvalue weighted by atomic mass is 10.1. The summed E-state index contributed by atoms with van der Waals surface area (Å²) in [6, 6.07) is 8.84. The molecule has 8 heteroatoms. The molecular formula is C22H48N8+2. The van der Waals surface area contributed by atoms with E-state index in [1.54, 1.807) is 0 Å². The van der Waals surface area contributed by atoms with Crippen LogP contribution in [0.4, 0.5) is 0 Å². The number of nitrogens with zero attached hydrogens (tertiary/aromatic N) is 2. The molecule has 10 N–H and O–H groups in total. The van der Waals surface area contributed by atoms with Crippen molar-refractivity contribution in [2.75, 3.05) is 92.6 Å². The Hall–Kier alpha value is -1.10. The highest BCUT2D eigenvalue weighted by Gasteiger charge is 2.19. The number of nitrogens with one attached hydrogen (secondary N) is 2. The van der Waals surface area contributed by atoms with Crippen molar-refractivity contribution in [1.29, 1.82) is 0 Å². The molecule has 0 radical (unpaired) electrons. The topological polar surface area (TPSA) is 128 Å². The zero-order chi connectivity index (χ0) is 22.3. The zero-order valence-electron chi connectivity index (χ0n) is 19.4. The minimum absolute atomic E-state index is 0.699. The van der Waals surface area contributed by atoms with Crippen LogP contribution in [0.15, 0.2) is 24.3 Å². The van der Waals surface area contributed by atoms with Crippen molar-refractivity contribution in [2.45, 2.75) is 13.1 Å². The first-order valence-electron chi connectivity index (χ1n) is 11.4. The van der Waals surface area contributed by atoms with Gasteiger partial charge in [0.15, 0.2) is 0 Å². The van der Waals surface area contributed by atoms with Gasteiger partial charge in [-0.05, 0) is 11.1 Å². The number of hydrogen-bond acceptors (Lipinski definition) is 6. The summed E-state index contributed by atoms with van der Waals surface area (Å²) in [5, 5.41) is 7.10. The highest BCUT2D eigenvalue weighted by atomic mass is 15.3. The second-order valence-corrected chi connectivity index (χ2v) is 8.91. The molecule has 0 aromatic heterocycles. The van der Waals surface area contributed by atoms with Gasteiger partial charge >= 0.3 is 0 Å². The van der Waals surface area contributed by atoms with Crippen LogP contribution in [-0.2, 0) is 13.1 Å². The summed E-state index contributed by atoms with van der Waals surface area (Å²) in [5.41, 5.74) is 25.6. The standard InChI is InChI=1S/C22H48N8/c1-29(13-7-23,14-8-24)17-11-27-19-21-3-5-22(6-4-21)20-28-12-18-30(2,15-9-25)16-10-26/h3-6,27-28H,7-20,23-26H2,1-2H3/q+2. The molecule has 1 rings (SSSR count). The van der Waals surface area contributed by atoms with Gasteiger partial charge in [0.05, 0.1) is 53.4 Å². The fourth-order valence-corrected chi connectivity index (χ4v) is 3.86. The molecule has 0 spiro atoms. The summed E-state index contributed by atoms with van der Waals surface area (Å²) < 4.78 is 1.86. The van der Waals surface area contributed by atoms with Gasteiger partial charge in [0, 0.05) is 52.4 Å². The Morgan fingerprint density at radius 1 is 0.567 bits per heavy atom. The van der Waals surface area contributed by atoms with E-state index in [0.717, 1.165) is 74.4 Å². The minimum Gasteiger partial charge on any atom is -0.326 e. The Bertz CT molecular complexity index is 488. The molecule has 0 amide bonds. The fraction of sp³-hybridized carbons (Fsp3) is 0.727. The molecule has 0 heterocycles. The van der Waals surface area contributed by atoms with Crippen molar-refractivity contribution in [1.82, 2.24) is 10.6 Å². The van der Waals surface area contributed by atoms with Crippen LogP contribution in [0.3, 0.4) is 0 Å². The predicted octanol–water partition coefficient (Wildman–Crippen LogP) is -1.41. The Balaban J connectivity index is 2.31. The Morgan fingerprint density at radius 3 is 1.13 bits per heavy atom. The first-order chi connectivity index (χ1) is 14.4. The predicted molar refractivity (Wildman–Crippen MR) is 128 cm³/mol. The minimum atomic E-state index is 0.699. The van der Waals surface area contributed by atoms with Gasteiger partial charge in [-0.15, -0.1) is 0 Å². The molecule has 0 bridgehead atoms. The maximum atomic E-state index is 5.75. The van der Waals surface area contributed by atoms with Crippen LogP contribution in [0.1, 0.15) is 11.1 Å². The van der Waals surface area contributed by atoms with Crippen molar-refractivity contribution in [3.05, 3.63) is 35.4 Å². The highest BCUT2D eigenvalue weighted by molar-refractivity contribution is 5.22. The summed E-state index contributed by atoms with van der Waals surface area (Å²) in [5.74, 6) is 0. The van der Waals surface area contributed by atoms with Crippen LogP contribution in [-0.4, -0.2) is 102 Å². The van der Waals surface area contributed by atoms with Gasteiger partial charge in [0.25, 0.3) is 0 Å². The summed E-state index contributed by atoms with van der Waals surface area (Å²) in [6.07, 6.45) is 0. The van der Waals surface area contributed by atoms with Crippen molar-refractivity contribution < 1.29 is 8.97 Å². The molecule has 0 aliphatic rings. The van der Waals surface area contributed by atoms with E-state index in [1.165, 1.54) is 11.1 Å². The van der Waals surface area contributed by atoms with Gasteiger partial charge in [0.2, 0.25) is 0 Å². The Kier molecular flexibility index (Phi) is 13.3. The van der Waals surface area contributed by atoms with E-state index in [9.17, 15) is 0 Å². The van der Waals surface area contributed by atoms with E-state index in [-0.39, 0.29) is 0 Å². The second kappa shape index (κ2) is 14.8. The fourth-order valence-electron chi connectivity index (χ4n) is 3.86. The van der Waals surface area contributed by atoms with E-state index < -0.39 is 0 Å². The molecule has 0 aliphatic heterocycles. The first kappa shape index (κ1) is 26.9. The molecule has 1 aromatic carbocycles. The number of hydrogen-bond donors (Lipinski definition) is 6. The normalized spacial score (nSPS) is 12.5. The lowest BCUT2D eigenvalue weighted by Gasteiger charge is -2.34. The molecule has 0 atom stereocenters. The van der Waals surface area contributed by atoms with Crippen LogP contribution >= 0.6 is 0 Å². The van der Waals surface area contributed by atoms with Gasteiger partial charge in [-0.1, -0.05) is 24.3 Å². The second-order valence-electron chi connectivity index (χ2n) is 8.91. The number of benzene rings is 1. The van der Waals surface area contributed by atoms with Crippen LogP contribution in [0, 0.1) is 0 Å². The molecule has 0 unspecified atom stereocenters. The van der Waals surface area contributed by atoms with Gasteiger partial charge in [-0.25, -0.2) is 0 Å². The first-order valence-corrected chi connectivity index (χ1v) is 11.4. The Morgan fingerprint density at radius 2 is 0.867 bits per heavy atom. The highest BCUT2D eigenvalue weighted by Crippen LogP contribution is 2.05. The number of likely N-dealkylation sites (N-methyl/N-ethyl adjacent to an activating group) is 2. The molecule has 0 saturated carbocycles. The van der Waals surface area contributed by atoms with Crippen LogP contribution in [0.25, 0.3) is 0 Å². The largest absolute Gasteiger partial charge is 0.326 e. The number of quaternary nitrogens is 2. The van der Waals surface area contributed by atoms with E-state index in [0.29, 0.717) is 26.2 Å². The summed E-state index contributed by atoms with van der Waals surface area (Å²) in [7, 11) is 4.47. The average Bonchev–Trinajstić information content (AvgIpc) is 2.70. The third-order valence-corrected chi connectivity index (χ3v) is 6.01. The maximum Gasteiger partial charge on any atom is 0.0912 e. The number of nitrogens with two attached hydrogens (primary N) is 4. The van der Waals surface area contributed by atoms with E-state index in [4.69, 9.17) is 22.9 Å². The van der Waals surface area contributed by atoms with Crippen molar-refractivity contribution in [3.8, 4) is 0 Å².